The van der Waals surface area contributed by atoms with Crippen LogP contribution < -0.4 is 34.7 Å². The van der Waals surface area contributed by atoms with Crippen LogP contribution in [0, 0.1) is 0 Å². The summed E-state index contributed by atoms with van der Waals surface area (Å²) in [6.45, 7) is 13.4. The molecule has 8 aromatic rings. The summed E-state index contributed by atoms with van der Waals surface area (Å²) in [4.78, 5) is 94.2. The SMILES string of the molecule is CC(=O)Oc1ccc(-c2oc3cc(O[C@@H]4O[C@@H](C)[C@H](OC(C)=O)[C@@H](OC(C)=O)[C@H]4OC(C)=O)cc(OC(C)=O)c3c(=O)c2O[C@@H]2O[C@H](CO[Si](c3ccccc3)(c3ccccc3)C(C)(C)C)[C@@H](OCc3ccccc3)[C@H](OCc3ccccc3)[C@H]2OC(=O)c2ccccc2)cc1. The molecule has 2 saturated heterocycles. The third-order valence-corrected chi connectivity index (χ3v) is 20.9. The smallest absolute Gasteiger partial charge is 0.338 e. The Morgan fingerprint density at radius 1 is 0.490 bits per heavy atom. The Bertz CT molecular complexity index is 4030. The fourth-order valence-corrected chi connectivity index (χ4v) is 16.5. The summed E-state index contributed by atoms with van der Waals surface area (Å²) in [5, 5.41) is 0.995. The molecule has 21 nitrogen and oxygen atoms in total. The van der Waals surface area contributed by atoms with Crippen molar-refractivity contribution in [3.05, 3.63) is 215 Å². The van der Waals surface area contributed by atoms with Gasteiger partial charge >= 0.3 is 35.8 Å². The monoisotopic (exact) mass is 1330 g/mol. The van der Waals surface area contributed by atoms with Gasteiger partial charge in [-0.05, 0) is 69.9 Å². The first kappa shape index (κ1) is 69.0. The van der Waals surface area contributed by atoms with Crippen LogP contribution in [-0.4, -0.2) is 112 Å². The minimum Gasteiger partial charge on any atom is -0.460 e. The number of benzene rings is 7. The van der Waals surface area contributed by atoms with Crippen molar-refractivity contribution in [3.8, 4) is 34.3 Å². The van der Waals surface area contributed by atoms with Crippen LogP contribution in [-0.2, 0) is 79.5 Å². The minimum atomic E-state index is -3.42. The van der Waals surface area contributed by atoms with Gasteiger partial charge in [-0.15, -0.1) is 0 Å². The van der Waals surface area contributed by atoms with Crippen LogP contribution in [0.5, 0.6) is 23.0 Å². The van der Waals surface area contributed by atoms with Crippen molar-refractivity contribution in [2.45, 2.75) is 142 Å². The van der Waals surface area contributed by atoms with E-state index in [1.54, 1.807) is 30.3 Å². The summed E-state index contributed by atoms with van der Waals surface area (Å²) in [5.74, 6) is -6.11. The molecule has 96 heavy (non-hydrogen) atoms. The van der Waals surface area contributed by atoms with Crippen LogP contribution in [0.15, 0.2) is 197 Å². The Hall–Kier alpha value is -9.81. The number of carbonyl (C=O) groups excluding carboxylic acids is 6. The maximum Gasteiger partial charge on any atom is 0.338 e. The van der Waals surface area contributed by atoms with Crippen LogP contribution >= 0.6 is 0 Å². The lowest BCUT2D eigenvalue weighted by Crippen LogP contribution is -2.69. The van der Waals surface area contributed by atoms with Crippen molar-refractivity contribution in [1.82, 2.24) is 0 Å². The lowest BCUT2D eigenvalue weighted by Gasteiger charge is -2.48. The lowest BCUT2D eigenvalue weighted by atomic mass is 9.97. The molecule has 0 N–H and O–H groups in total. The maximum atomic E-state index is 16.1. The van der Waals surface area contributed by atoms with Gasteiger partial charge in [0.2, 0.25) is 29.9 Å². The van der Waals surface area contributed by atoms with Gasteiger partial charge < -0.3 is 65.7 Å². The molecule has 0 bridgehead atoms. The molecule has 10 rings (SSSR count). The summed E-state index contributed by atoms with van der Waals surface area (Å²) >= 11 is 0. The molecule has 22 heteroatoms. The normalized spacial score (nSPS) is 21.0. The zero-order chi connectivity index (χ0) is 68.3. The second kappa shape index (κ2) is 30.7. The van der Waals surface area contributed by atoms with E-state index in [1.165, 1.54) is 50.2 Å². The quantitative estimate of drug-likeness (QED) is 0.0250. The Labute approximate surface area is 555 Å². The van der Waals surface area contributed by atoms with Crippen molar-refractivity contribution in [3.63, 3.8) is 0 Å². The van der Waals surface area contributed by atoms with Gasteiger partial charge in [0.05, 0.1) is 31.5 Å². The van der Waals surface area contributed by atoms with E-state index in [2.05, 4.69) is 45.0 Å². The van der Waals surface area contributed by atoms with Gasteiger partial charge in [0.25, 0.3) is 8.32 Å². The molecule has 2 aliphatic rings. The number of fused-ring (bicyclic) bond motifs is 1. The number of rotatable bonds is 23. The van der Waals surface area contributed by atoms with E-state index in [-0.39, 0.29) is 59.2 Å². The summed E-state index contributed by atoms with van der Waals surface area (Å²) < 4.78 is 90.2. The number of hydrogen-bond donors (Lipinski definition) is 0. The molecular weight excluding hydrogens is 1250 g/mol. The number of hydrogen-bond acceptors (Lipinski definition) is 21. The third-order valence-electron chi connectivity index (χ3n) is 15.9. The van der Waals surface area contributed by atoms with E-state index in [0.29, 0.717) is 0 Å². The summed E-state index contributed by atoms with van der Waals surface area (Å²) in [7, 11) is -3.42. The standard InChI is InChI=1S/C74H74O21Si/c1-44-63(88-47(4)77)68(89-48(5)78)70(90-49(6)79)72(85-44)91-55-39-58(87-46(3)76)61-59(40-55)92-64(52-35-37-54(38-36-52)86-45(2)75)66(62(61)80)95-73-69(94-71(81)53-29-19-12-20-30-53)67(83-42-51-27-17-11-18-28-51)65(82-41-50-25-15-10-16-26-50)60(93-73)43-84-96(74(7,8)9,56-31-21-13-22-32-56)57-33-23-14-24-34-57/h10-40,44,60,63,65,67-70,72-73H,41-43H2,1-9H3/t44-,60+,63-,65+,67-,68+,69+,70+,72-,73-/m0/s1. The van der Waals surface area contributed by atoms with Crippen molar-refractivity contribution in [1.29, 1.82) is 0 Å². The number of esters is 6. The molecule has 7 aromatic carbocycles. The first-order valence-corrected chi connectivity index (χ1v) is 33.1. The fraction of sp³-hybridized carbons (Fsp3) is 0.311. The summed E-state index contributed by atoms with van der Waals surface area (Å²) in [6, 6.07) is 55.3. The van der Waals surface area contributed by atoms with E-state index in [0.717, 1.165) is 49.2 Å². The van der Waals surface area contributed by atoms with E-state index in [4.69, 9.17) is 65.7 Å². The van der Waals surface area contributed by atoms with Crippen molar-refractivity contribution in [2.24, 2.45) is 0 Å². The van der Waals surface area contributed by atoms with Crippen LogP contribution in [0.3, 0.4) is 0 Å². The molecule has 10 atom stereocenters. The van der Waals surface area contributed by atoms with Gasteiger partial charge in [0, 0.05) is 52.3 Å². The van der Waals surface area contributed by atoms with Crippen LogP contribution in [0.4, 0.5) is 0 Å². The topological polar surface area (TPSA) is 253 Å². The largest absolute Gasteiger partial charge is 0.460 e. The molecule has 0 amide bonds. The van der Waals surface area contributed by atoms with Gasteiger partial charge in [-0.1, -0.05) is 160 Å². The zero-order valence-corrected chi connectivity index (χ0v) is 55.4. The second-order valence-electron chi connectivity index (χ2n) is 24.0. The Morgan fingerprint density at radius 3 is 1.51 bits per heavy atom. The molecule has 0 unspecified atom stereocenters. The Balaban J connectivity index is 1.17. The molecule has 1 aromatic heterocycles. The highest BCUT2D eigenvalue weighted by Gasteiger charge is 2.56. The highest BCUT2D eigenvalue weighted by molar-refractivity contribution is 6.99. The molecule has 0 radical (unpaired) electrons. The van der Waals surface area contributed by atoms with Gasteiger partial charge in [-0.25, -0.2) is 4.79 Å². The summed E-state index contributed by atoms with van der Waals surface area (Å²) in [6.07, 6.45) is -14.1. The first-order chi connectivity index (χ1) is 46.1. The second-order valence-corrected chi connectivity index (χ2v) is 28.3. The Morgan fingerprint density at radius 2 is 0.979 bits per heavy atom. The molecule has 0 saturated carbocycles. The average Bonchev–Trinajstić information content (AvgIpc) is 0.752. The maximum absolute atomic E-state index is 16.1. The highest BCUT2D eigenvalue weighted by atomic mass is 28.4. The highest BCUT2D eigenvalue weighted by Crippen LogP contribution is 2.43. The van der Waals surface area contributed by atoms with Crippen molar-refractivity contribution < 1.29 is 94.5 Å². The third kappa shape index (κ3) is 16.3. The lowest BCUT2D eigenvalue weighted by molar-refractivity contribution is -0.295. The van der Waals surface area contributed by atoms with E-state index < -0.39 is 128 Å². The average molecular weight is 1330 g/mol. The number of carbonyl (C=O) groups is 6. The summed E-state index contributed by atoms with van der Waals surface area (Å²) in [5.41, 5.74) is 0.600. The minimum absolute atomic E-state index is 0.0188. The molecule has 2 aliphatic heterocycles. The van der Waals surface area contributed by atoms with Crippen LogP contribution in [0.25, 0.3) is 22.3 Å². The molecule has 2 fully saturated rings. The first-order valence-electron chi connectivity index (χ1n) is 31.2. The van der Waals surface area contributed by atoms with Crippen molar-refractivity contribution in [2.75, 3.05) is 6.61 Å². The van der Waals surface area contributed by atoms with Crippen molar-refractivity contribution >= 4 is 65.5 Å². The zero-order valence-electron chi connectivity index (χ0n) is 54.4. The van der Waals surface area contributed by atoms with Crippen LogP contribution in [0.2, 0.25) is 5.04 Å². The fourth-order valence-electron chi connectivity index (χ4n) is 11.9. The van der Waals surface area contributed by atoms with Gasteiger partial charge in [0.15, 0.2) is 24.1 Å². The van der Waals surface area contributed by atoms with E-state index in [9.17, 15) is 28.8 Å². The van der Waals surface area contributed by atoms with Gasteiger partial charge in [-0.2, -0.15) is 0 Å². The van der Waals surface area contributed by atoms with Crippen LogP contribution in [0.1, 0.15) is 83.8 Å². The molecule has 0 spiro atoms. The van der Waals surface area contributed by atoms with Gasteiger partial charge in [-0.3, -0.25) is 28.8 Å². The number of ether oxygens (including phenoxy) is 12. The van der Waals surface area contributed by atoms with Gasteiger partial charge in [0.1, 0.15) is 46.5 Å². The predicted molar refractivity (Wildman–Crippen MR) is 351 cm³/mol. The Kier molecular flexibility index (Phi) is 22.1. The van der Waals surface area contributed by atoms with E-state index >= 15 is 4.79 Å². The molecule has 3 heterocycles. The predicted octanol–water partition coefficient (Wildman–Crippen LogP) is 10.3. The molecular formula is C74H74O21Si. The van der Waals surface area contributed by atoms with E-state index in [1.807, 2.05) is 97.1 Å². The molecule has 0 aliphatic carbocycles. The molecule has 500 valence electrons.